The zero-order chi connectivity index (χ0) is 13.8. The van der Waals surface area contributed by atoms with E-state index < -0.39 is 0 Å². The van der Waals surface area contributed by atoms with E-state index in [1.165, 1.54) is 77.0 Å². The Bertz CT molecular complexity index is 190. The van der Waals surface area contributed by atoms with Gasteiger partial charge in [0.1, 0.15) is 0 Å². The highest BCUT2D eigenvalue weighted by Crippen LogP contribution is 2.19. The summed E-state index contributed by atoms with van der Waals surface area (Å²) in [5.41, 5.74) is 0. The van der Waals surface area contributed by atoms with Crippen molar-refractivity contribution in [3.05, 3.63) is 0 Å². The third-order valence-corrected chi connectivity index (χ3v) is 4.42. The van der Waals surface area contributed by atoms with Crippen molar-refractivity contribution in [1.29, 1.82) is 0 Å². The van der Waals surface area contributed by atoms with E-state index in [1.54, 1.807) is 0 Å². The predicted octanol–water partition coefficient (Wildman–Crippen LogP) is 4.67. The molecule has 2 nitrogen and oxygen atoms in total. The van der Waals surface area contributed by atoms with Crippen molar-refractivity contribution in [3.8, 4) is 0 Å². The Labute approximate surface area is 120 Å². The van der Waals surface area contributed by atoms with Gasteiger partial charge in [0, 0.05) is 12.6 Å². The first-order valence-electron chi connectivity index (χ1n) is 8.65. The molecule has 1 saturated heterocycles. The number of hydrogen-bond acceptors (Lipinski definition) is 2. The Morgan fingerprint density at radius 3 is 2.47 bits per heavy atom. The van der Waals surface area contributed by atoms with E-state index in [0.717, 1.165) is 12.6 Å². The highest BCUT2D eigenvalue weighted by atomic mass is 16.5. The van der Waals surface area contributed by atoms with Crippen LogP contribution in [0.4, 0.5) is 0 Å². The van der Waals surface area contributed by atoms with Crippen LogP contribution in [0.1, 0.15) is 84.0 Å². The summed E-state index contributed by atoms with van der Waals surface area (Å²) in [6.07, 6.45) is 16.9. The Morgan fingerprint density at radius 1 is 1.05 bits per heavy atom. The minimum atomic E-state index is 0.576. The lowest BCUT2D eigenvalue weighted by Gasteiger charge is -2.17. The molecule has 1 heterocycles. The first kappa shape index (κ1) is 17.0. The molecule has 0 aromatic rings. The van der Waals surface area contributed by atoms with Crippen LogP contribution in [0.25, 0.3) is 0 Å². The van der Waals surface area contributed by atoms with Gasteiger partial charge in [-0.1, -0.05) is 45.4 Å². The molecule has 1 N–H and O–H groups in total. The molecule has 2 heteroatoms. The van der Waals surface area contributed by atoms with Crippen molar-refractivity contribution in [1.82, 2.24) is 5.32 Å². The van der Waals surface area contributed by atoms with E-state index in [4.69, 9.17) is 4.74 Å². The van der Waals surface area contributed by atoms with Gasteiger partial charge in [0.05, 0.1) is 6.10 Å². The van der Waals surface area contributed by atoms with Gasteiger partial charge < -0.3 is 10.1 Å². The van der Waals surface area contributed by atoms with Gasteiger partial charge in [0.15, 0.2) is 0 Å². The van der Waals surface area contributed by atoms with E-state index in [1.807, 2.05) is 0 Å². The van der Waals surface area contributed by atoms with E-state index in [-0.39, 0.29) is 0 Å². The van der Waals surface area contributed by atoms with E-state index in [9.17, 15) is 0 Å². The molecule has 0 aromatic heterocycles. The summed E-state index contributed by atoms with van der Waals surface area (Å²) in [6.45, 7) is 3.28. The van der Waals surface area contributed by atoms with Crippen molar-refractivity contribution in [2.24, 2.45) is 0 Å². The zero-order valence-electron chi connectivity index (χ0n) is 13.3. The summed E-state index contributed by atoms with van der Waals surface area (Å²) in [7, 11) is 2.12. The SMILES string of the molecule is CCCCCCCCC(CCCC1CCCO1)NC. The maximum Gasteiger partial charge on any atom is 0.0576 e. The maximum atomic E-state index is 5.68. The summed E-state index contributed by atoms with van der Waals surface area (Å²) in [6, 6.07) is 0.729. The van der Waals surface area contributed by atoms with Crippen molar-refractivity contribution in [3.63, 3.8) is 0 Å². The van der Waals surface area contributed by atoms with Crippen molar-refractivity contribution in [2.45, 2.75) is 96.1 Å². The largest absolute Gasteiger partial charge is 0.378 e. The molecule has 0 bridgehead atoms. The fourth-order valence-corrected chi connectivity index (χ4v) is 3.07. The quantitative estimate of drug-likeness (QED) is 0.520. The lowest BCUT2D eigenvalue weighted by Crippen LogP contribution is -2.25. The van der Waals surface area contributed by atoms with Crippen LogP contribution >= 0.6 is 0 Å². The number of rotatable bonds is 12. The van der Waals surface area contributed by atoms with Gasteiger partial charge in [-0.2, -0.15) is 0 Å². The monoisotopic (exact) mass is 269 g/mol. The molecule has 114 valence electrons. The van der Waals surface area contributed by atoms with Gasteiger partial charge in [-0.15, -0.1) is 0 Å². The third kappa shape index (κ3) is 8.65. The van der Waals surface area contributed by atoms with Gasteiger partial charge in [-0.05, 0) is 45.6 Å². The average molecular weight is 269 g/mol. The fourth-order valence-electron chi connectivity index (χ4n) is 3.07. The van der Waals surface area contributed by atoms with Crippen LogP contribution in [-0.2, 0) is 4.74 Å². The van der Waals surface area contributed by atoms with Crippen LogP contribution in [0.15, 0.2) is 0 Å². The fraction of sp³-hybridized carbons (Fsp3) is 1.00. The van der Waals surface area contributed by atoms with E-state index in [0.29, 0.717) is 6.10 Å². The number of unbranched alkanes of at least 4 members (excludes halogenated alkanes) is 5. The molecule has 1 fully saturated rings. The Morgan fingerprint density at radius 2 is 1.79 bits per heavy atom. The van der Waals surface area contributed by atoms with Crippen LogP contribution in [0.3, 0.4) is 0 Å². The summed E-state index contributed by atoms with van der Waals surface area (Å²) in [4.78, 5) is 0. The van der Waals surface area contributed by atoms with Crippen LogP contribution in [0.5, 0.6) is 0 Å². The van der Waals surface area contributed by atoms with Crippen LogP contribution < -0.4 is 5.32 Å². The number of ether oxygens (including phenoxy) is 1. The Hall–Kier alpha value is -0.0800. The summed E-state index contributed by atoms with van der Waals surface area (Å²) >= 11 is 0. The molecule has 0 aromatic carbocycles. The summed E-state index contributed by atoms with van der Waals surface area (Å²) in [5, 5.41) is 3.49. The number of nitrogens with one attached hydrogen (secondary N) is 1. The lowest BCUT2D eigenvalue weighted by atomic mass is 10.00. The smallest absolute Gasteiger partial charge is 0.0576 e. The zero-order valence-corrected chi connectivity index (χ0v) is 13.3. The molecule has 0 radical (unpaired) electrons. The first-order chi connectivity index (χ1) is 9.36. The molecule has 0 amide bonds. The second kappa shape index (κ2) is 11.7. The minimum absolute atomic E-state index is 0.576. The Kier molecular flexibility index (Phi) is 10.5. The molecule has 0 aliphatic carbocycles. The summed E-state index contributed by atoms with van der Waals surface area (Å²) in [5.74, 6) is 0. The molecule has 0 spiro atoms. The molecule has 2 unspecified atom stereocenters. The second-order valence-corrected chi connectivity index (χ2v) is 6.11. The summed E-state index contributed by atoms with van der Waals surface area (Å²) < 4.78 is 5.68. The minimum Gasteiger partial charge on any atom is -0.378 e. The average Bonchev–Trinajstić information content (AvgIpc) is 2.93. The first-order valence-corrected chi connectivity index (χ1v) is 8.65. The second-order valence-electron chi connectivity index (χ2n) is 6.11. The van der Waals surface area contributed by atoms with Crippen LogP contribution in [0.2, 0.25) is 0 Å². The van der Waals surface area contributed by atoms with Gasteiger partial charge in [0.25, 0.3) is 0 Å². The standard InChI is InChI=1S/C17H35NO/c1-3-4-5-6-7-8-11-16(18-2)12-9-13-17-14-10-15-19-17/h16-18H,3-15H2,1-2H3. The lowest BCUT2D eigenvalue weighted by molar-refractivity contribution is 0.101. The normalized spacial score (nSPS) is 20.8. The van der Waals surface area contributed by atoms with Gasteiger partial charge >= 0.3 is 0 Å². The van der Waals surface area contributed by atoms with Gasteiger partial charge in [0.2, 0.25) is 0 Å². The third-order valence-electron chi connectivity index (χ3n) is 4.42. The molecular formula is C17H35NO. The van der Waals surface area contributed by atoms with E-state index >= 15 is 0 Å². The highest BCUT2D eigenvalue weighted by Gasteiger charge is 2.15. The topological polar surface area (TPSA) is 21.3 Å². The van der Waals surface area contributed by atoms with Crippen LogP contribution in [0, 0.1) is 0 Å². The van der Waals surface area contributed by atoms with Crippen molar-refractivity contribution < 1.29 is 4.74 Å². The van der Waals surface area contributed by atoms with Gasteiger partial charge in [-0.25, -0.2) is 0 Å². The van der Waals surface area contributed by atoms with E-state index in [2.05, 4.69) is 19.3 Å². The van der Waals surface area contributed by atoms with Crippen molar-refractivity contribution >= 4 is 0 Å². The molecular weight excluding hydrogens is 234 g/mol. The molecule has 0 saturated carbocycles. The Balaban J connectivity index is 1.92. The molecule has 1 aliphatic heterocycles. The van der Waals surface area contributed by atoms with Crippen molar-refractivity contribution in [2.75, 3.05) is 13.7 Å². The highest BCUT2D eigenvalue weighted by molar-refractivity contribution is 4.69. The number of hydrogen-bond donors (Lipinski definition) is 1. The molecule has 2 atom stereocenters. The molecule has 1 rings (SSSR count). The molecule has 1 aliphatic rings. The predicted molar refractivity (Wildman–Crippen MR) is 83.7 cm³/mol. The van der Waals surface area contributed by atoms with Gasteiger partial charge in [-0.3, -0.25) is 0 Å². The molecule has 19 heavy (non-hydrogen) atoms. The van der Waals surface area contributed by atoms with Crippen LogP contribution in [-0.4, -0.2) is 25.8 Å². The maximum absolute atomic E-state index is 5.68.